The fourth-order valence-electron chi connectivity index (χ4n) is 1.66. The first kappa shape index (κ1) is 14.7. The van der Waals surface area contributed by atoms with Gasteiger partial charge < -0.3 is 14.2 Å². The number of methoxy groups -OCH3 is 1. The first-order chi connectivity index (χ1) is 9.69. The number of hydrogen-bond donors (Lipinski definition) is 0. The quantitative estimate of drug-likeness (QED) is 0.742. The summed E-state index contributed by atoms with van der Waals surface area (Å²) >= 11 is 3.21. The lowest BCUT2D eigenvalue weighted by Crippen LogP contribution is -2.09. The normalized spacial score (nSPS) is 10.2. The van der Waals surface area contributed by atoms with E-state index in [-0.39, 0.29) is 5.82 Å². The Morgan fingerprint density at radius 3 is 2.40 bits per heavy atom. The number of para-hydroxylation sites is 2. The van der Waals surface area contributed by atoms with Crippen LogP contribution in [0.2, 0.25) is 0 Å². The van der Waals surface area contributed by atoms with Crippen LogP contribution < -0.4 is 14.2 Å². The van der Waals surface area contributed by atoms with Crippen molar-refractivity contribution in [2.45, 2.75) is 0 Å². The number of rotatable bonds is 6. The summed E-state index contributed by atoms with van der Waals surface area (Å²) in [5, 5.41) is 0. The van der Waals surface area contributed by atoms with E-state index in [0.717, 1.165) is 0 Å². The molecule has 0 heterocycles. The third kappa shape index (κ3) is 4.13. The van der Waals surface area contributed by atoms with E-state index in [4.69, 9.17) is 14.2 Å². The Labute approximate surface area is 125 Å². The van der Waals surface area contributed by atoms with Crippen LogP contribution in [0.5, 0.6) is 17.2 Å². The molecule has 0 atom stereocenters. The predicted octanol–water partition coefficient (Wildman–Crippen LogP) is 4.05. The molecule has 0 aliphatic rings. The third-order valence-electron chi connectivity index (χ3n) is 2.51. The van der Waals surface area contributed by atoms with Crippen molar-refractivity contribution in [3.05, 3.63) is 52.8 Å². The maximum atomic E-state index is 13.1. The van der Waals surface area contributed by atoms with Gasteiger partial charge >= 0.3 is 0 Å². The van der Waals surface area contributed by atoms with Gasteiger partial charge in [0.15, 0.2) is 11.5 Å². The maximum Gasteiger partial charge on any atom is 0.161 e. The highest BCUT2D eigenvalue weighted by atomic mass is 79.9. The lowest BCUT2D eigenvalue weighted by Gasteiger charge is -2.11. The van der Waals surface area contributed by atoms with Crippen LogP contribution in [0.4, 0.5) is 4.39 Å². The largest absolute Gasteiger partial charge is 0.493 e. The lowest BCUT2D eigenvalue weighted by molar-refractivity contribution is 0.211. The molecule has 20 heavy (non-hydrogen) atoms. The second-order valence-electron chi connectivity index (χ2n) is 3.95. The average molecular weight is 341 g/mol. The van der Waals surface area contributed by atoms with Gasteiger partial charge in [0.1, 0.15) is 24.8 Å². The van der Waals surface area contributed by atoms with Crippen LogP contribution in [0, 0.1) is 5.82 Å². The Bertz CT molecular complexity index is 555. The van der Waals surface area contributed by atoms with Crippen LogP contribution in [0.3, 0.4) is 0 Å². The van der Waals surface area contributed by atoms with Crippen molar-refractivity contribution in [1.29, 1.82) is 0 Å². The predicted molar refractivity (Wildman–Crippen MR) is 78.1 cm³/mol. The third-order valence-corrected chi connectivity index (χ3v) is 2.97. The zero-order valence-electron chi connectivity index (χ0n) is 10.9. The molecule has 106 valence electrons. The fourth-order valence-corrected chi connectivity index (χ4v) is 2.11. The zero-order valence-corrected chi connectivity index (χ0v) is 12.5. The lowest BCUT2D eigenvalue weighted by atomic mass is 10.3. The van der Waals surface area contributed by atoms with Crippen LogP contribution in [-0.2, 0) is 0 Å². The molecule has 0 saturated carbocycles. The van der Waals surface area contributed by atoms with Crippen molar-refractivity contribution in [2.75, 3.05) is 20.3 Å². The van der Waals surface area contributed by atoms with Gasteiger partial charge in [-0.3, -0.25) is 0 Å². The topological polar surface area (TPSA) is 27.7 Å². The summed E-state index contributed by atoms with van der Waals surface area (Å²) in [5.41, 5.74) is 0. The van der Waals surface area contributed by atoms with Crippen molar-refractivity contribution in [3.8, 4) is 17.2 Å². The van der Waals surface area contributed by atoms with Gasteiger partial charge in [0, 0.05) is 10.5 Å². The van der Waals surface area contributed by atoms with Crippen LogP contribution in [0.25, 0.3) is 0 Å². The van der Waals surface area contributed by atoms with Gasteiger partial charge in [-0.15, -0.1) is 0 Å². The van der Waals surface area contributed by atoms with E-state index in [1.807, 2.05) is 24.3 Å². The second-order valence-corrected chi connectivity index (χ2v) is 4.87. The van der Waals surface area contributed by atoms with Crippen molar-refractivity contribution < 1.29 is 18.6 Å². The van der Waals surface area contributed by atoms with Crippen molar-refractivity contribution in [3.63, 3.8) is 0 Å². The molecule has 2 aromatic carbocycles. The van der Waals surface area contributed by atoms with Crippen molar-refractivity contribution in [1.82, 2.24) is 0 Å². The van der Waals surface area contributed by atoms with Crippen molar-refractivity contribution in [2.24, 2.45) is 0 Å². The second kappa shape index (κ2) is 7.14. The molecule has 0 fully saturated rings. The molecular weight excluding hydrogens is 327 g/mol. The van der Waals surface area contributed by atoms with E-state index in [1.54, 1.807) is 13.2 Å². The van der Waals surface area contributed by atoms with E-state index in [0.29, 0.717) is 34.9 Å². The molecule has 0 aliphatic carbocycles. The summed E-state index contributed by atoms with van der Waals surface area (Å²) in [5.74, 6) is 1.43. The molecule has 0 amide bonds. The highest BCUT2D eigenvalue weighted by Gasteiger charge is 2.03. The van der Waals surface area contributed by atoms with E-state index in [9.17, 15) is 4.39 Å². The molecule has 2 aromatic rings. The molecule has 0 radical (unpaired) electrons. The van der Waals surface area contributed by atoms with Crippen LogP contribution in [-0.4, -0.2) is 20.3 Å². The molecular formula is C15H14BrFO3. The van der Waals surface area contributed by atoms with Gasteiger partial charge in [-0.2, -0.15) is 0 Å². The monoisotopic (exact) mass is 340 g/mol. The SMILES string of the molecule is COc1ccccc1OCCOc1cc(F)cc(Br)c1. The minimum absolute atomic E-state index is 0.313. The van der Waals surface area contributed by atoms with E-state index in [2.05, 4.69) is 15.9 Å². The molecule has 0 N–H and O–H groups in total. The Morgan fingerprint density at radius 1 is 1.00 bits per heavy atom. The summed E-state index contributed by atoms with van der Waals surface area (Å²) in [6.07, 6.45) is 0. The van der Waals surface area contributed by atoms with Gasteiger partial charge in [0.25, 0.3) is 0 Å². The smallest absolute Gasteiger partial charge is 0.161 e. The van der Waals surface area contributed by atoms with E-state index < -0.39 is 0 Å². The van der Waals surface area contributed by atoms with E-state index >= 15 is 0 Å². The molecule has 2 rings (SSSR count). The van der Waals surface area contributed by atoms with Crippen LogP contribution in [0.15, 0.2) is 46.9 Å². The molecule has 0 unspecified atom stereocenters. The average Bonchev–Trinajstić information content (AvgIpc) is 2.43. The summed E-state index contributed by atoms with van der Waals surface area (Å²) < 4.78 is 29.9. The summed E-state index contributed by atoms with van der Waals surface area (Å²) in [6, 6.07) is 11.8. The molecule has 0 aliphatic heterocycles. The minimum atomic E-state index is -0.347. The van der Waals surface area contributed by atoms with Gasteiger partial charge in [0.05, 0.1) is 7.11 Å². The number of halogens is 2. The molecule has 3 nitrogen and oxygen atoms in total. The molecule has 5 heteroatoms. The number of benzene rings is 2. The first-order valence-corrected chi connectivity index (χ1v) is 6.83. The summed E-state index contributed by atoms with van der Waals surface area (Å²) in [6.45, 7) is 0.655. The molecule has 0 aromatic heterocycles. The standard InChI is InChI=1S/C15H14BrFO3/c1-18-14-4-2-3-5-15(14)20-7-6-19-13-9-11(16)8-12(17)10-13/h2-5,8-10H,6-7H2,1H3. The summed E-state index contributed by atoms with van der Waals surface area (Å²) in [4.78, 5) is 0. The van der Waals surface area contributed by atoms with Crippen LogP contribution in [0.1, 0.15) is 0 Å². The first-order valence-electron chi connectivity index (χ1n) is 6.04. The Morgan fingerprint density at radius 2 is 1.70 bits per heavy atom. The highest BCUT2D eigenvalue weighted by Crippen LogP contribution is 2.25. The van der Waals surface area contributed by atoms with Crippen molar-refractivity contribution >= 4 is 15.9 Å². The zero-order chi connectivity index (χ0) is 14.4. The van der Waals surface area contributed by atoms with Gasteiger partial charge in [-0.05, 0) is 24.3 Å². The maximum absolute atomic E-state index is 13.1. The minimum Gasteiger partial charge on any atom is -0.493 e. The van der Waals surface area contributed by atoms with Gasteiger partial charge in [0.2, 0.25) is 0 Å². The van der Waals surface area contributed by atoms with Crippen LogP contribution >= 0.6 is 15.9 Å². The van der Waals surface area contributed by atoms with E-state index in [1.165, 1.54) is 12.1 Å². The number of ether oxygens (including phenoxy) is 3. The fraction of sp³-hybridized carbons (Fsp3) is 0.200. The Hall–Kier alpha value is -1.75. The Kier molecular flexibility index (Phi) is 5.24. The highest BCUT2D eigenvalue weighted by molar-refractivity contribution is 9.10. The molecule has 0 saturated heterocycles. The molecule has 0 spiro atoms. The van der Waals surface area contributed by atoms with Gasteiger partial charge in [-0.25, -0.2) is 4.39 Å². The summed E-state index contributed by atoms with van der Waals surface area (Å²) in [7, 11) is 1.59. The molecule has 0 bridgehead atoms. The van der Waals surface area contributed by atoms with Gasteiger partial charge in [-0.1, -0.05) is 28.1 Å². The number of hydrogen-bond acceptors (Lipinski definition) is 3. The Balaban J connectivity index is 1.84.